The molecule has 58 valence electrons. The monoisotopic (exact) mass is 200 g/mol. The van der Waals surface area contributed by atoms with Crippen molar-refractivity contribution in [3.05, 3.63) is 0 Å². The van der Waals surface area contributed by atoms with Crippen LogP contribution < -0.4 is 29.6 Å². The van der Waals surface area contributed by atoms with E-state index in [2.05, 4.69) is 11.2 Å². The van der Waals surface area contributed by atoms with E-state index in [9.17, 15) is 0 Å². The summed E-state index contributed by atoms with van der Waals surface area (Å²) in [7, 11) is -3.83. The number of hydrogen-bond donors (Lipinski definition) is 4. The van der Waals surface area contributed by atoms with E-state index in [0.717, 1.165) is 0 Å². The molecule has 10 heavy (non-hydrogen) atoms. The molecule has 0 bridgehead atoms. The van der Waals surface area contributed by atoms with Crippen molar-refractivity contribution >= 4 is 26.4 Å². The SMILES string of the molecule is O=C(O)O.O=S(O)(O)=S.[H-].[Na+]. The Hall–Kier alpha value is 0.560. The molecule has 0 aliphatic heterocycles. The van der Waals surface area contributed by atoms with E-state index in [1.807, 2.05) is 0 Å². The summed E-state index contributed by atoms with van der Waals surface area (Å²) in [6.45, 7) is 0. The summed E-state index contributed by atoms with van der Waals surface area (Å²) in [5, 5.41) is 13.9. The number of hydrogen-bond acceptors (Lipinski definition) is 3. The average molecular weight is 200 g/mol. The molecule has 0 saturated carbocycles. The van der Waals surface area contributed by atoms with Crippen molar-refractivity contribution in [2.75, 3.05) is 0 Å². The third-order valence-corrected chi connectivity index (χ3v) is 0. The minimum atomic E-state index is -3.83. The molecular weight excluding hydrogens is 195 g/mol. The fourth-order valence-electron chi connectivity index (χ4n) is 0. The Kier molecular flexibility index (Phi) is 12.9. The van der Waals surface area contributed by atoms with Crippen LogP contribution in [0.25, 0.3) is 0 Å². The van der Waals surface area contributed by atoms with Crippen LogP contribution in [0.2, 0.25) is 0 Å². The number of rotatable bonds is 0. The molecule has 9 heteroatoms. The van der Waals surface area contributed by atoms with Gasteiger partial charge in [-0.2, -0.15) is 4.21 Å². The van der Waals surface area contributed by atoms with Crippen LogP contribution in [0.1, 0.15) is 1.43 Å². The molecule has 6 nitrogen and oxygen atoms in total. The van der Waals surface area contributed by atoms with Crippen molar-refractivity contribution in [2.45, 2.75) is 0 Å². The standard InChI is InChI=1S/CH2O3.Na.H2O3S2.H/c2-1(3)4;;1-5(2,3)4;/h(H2,2,3,4);;(H2,1,2,3,4);/q;+1;;-1. The molecule has 0 saturated heterocycles. The average Bonchev–Trinajstić information content (AvgIpc) is 1.19. The molecule has 0 aromatic heterocycles. The van der Waals surface area contributed by atoms with Crippen LogP contribution in [0.5, 0.6) is 0 Å². The summed E-state index contributed by atoms with van der Waals surface area (Å²) >= 11 is 3.47. The van der Waals surface area contributed by atoms with Crippen LogP contribution in [-0.4, -0.2) is 29.7 Å². The van der Waals surface area contributed by atoms with Crippen molar-refractivity contribution in [3.63, 3.8) is 0 Å². The molecular formula is CH5NaO6S2. The first-order valence-electron chi connectivity index (χ1n) is 1.35. The fraction of sp³-hybridized carbons (Fsp3) is 0. The molecule has 0 fully saturated rings. The molecule has 0 amide bonds. The Morgan fingerprint density at radius 1 is 1.40 bits per heavy atom. The van der Waals surface area contributed by atoms with Gasteiger partial charge in [-0.3, -0.25) is 9.11 Å². The molecule has 0 radical (unpaired) electrons. The molecule has 0 heterocycles. The second kappa shape index (κ2) is 7.66. The maximum atomic E-state index is 9.11. The summed E-state index contributed by atoms with van der Waals surface area (Å²) in [5.74, 6) is 0. The second-order valence-electron chi connectivity index (χ2n) is 0.730. The third kappa shape index (κ3) is 1560. The second-order valence-corrected chi connectivity index (χ2v) is 2.93. The van der Waals surface area contributed by atoms with E-state index in [1.54, 1.807) is 0 Å². The van der Waals surface area contributed by atoms with Gasteiger partial charge in [0, 0.05) is 11.2 Å². The Morgan fingerprint density at radius 3 is 1.40 bits per heavy atom. The van der Waals surface area contributed by atoms with E-state index in [0.29, 0.717) is 0 Å². The zero-order chi connectivity index (χ0) is 8.08. The normalized spacial score (nSPS) is 8.20. The molecule has 0 spiro atoms. The van der Waals surface area contributed by atoms with Crippen molar-refractivity contribution < 1.29 is 59.3 Å². The quantitative estimate of drug-likeness (QED) is 0.308. The van der Waals surface area contributed by atoms with E-state index in [4.69, 9.17) is 28.3 Å². The van der Waals surface area contributed by atoms with Gasteiger partial charge < -0.3 is 11.6 Å². The molecule has 0 aliphatic rings. The van der Waals surface area contributed by atoms with Gasteiger partial charge in [0.05, 0.1) is 0 Å². The van der Waals surface area contributed by atoms with E-state index >= 15 is 0 Å². The largest absolute Gasteiger partial charge is 1.00 e. The first kappa shape index (κ1) is 16.9. The minimum absolute atomic E-state index is 0. The first-order chi connectivity index (χ1) is 3.73. The molecule has 0 unspecified atom stereocenters. The van der Waals surface area contributed by atoms with Gasteiger partial charge in [-0.05, 0) is 0 Å². The van der Waals surface area contributed by atoms with E-state index in [1.165, 1.54) is 0 Å². The van der Waals surface area contributed by atoms with Crippen molar-refractivity contribution in [1.29, 1.82) is 0 Å². The number of carboxylic acid groups (broad SMARTS) is 2. The molecule has 4 N–H and O–H groups in total. The molecule has 0 rings (SSSR count). The van der Waals surface area contributed by atoms with Gasteiger partial charge in [0.25, 0.3) is 9.05 Å². The van der Waals surface area contributed by atoms with Gasteiger partial charge in [0.1, 0.15) is 0 Å². The summed E-state index contributed by atoms with van der Waals surface area (Å²) in [4.78, 5) is 8.56. The summed E-state index contributed by atoms with van der Waals surface area (Å²) < 4.78 is 24.0. The van der Waals surface area contributed by atoms with Crippen molar-refractivity contribution in [1.82, 2.24) is 0 Å². The van der Waals surface area contributed by atoms with Crippen LogP contribution in [0.3, 0.4) is 0 Å². The zero-order valence-electron chi connectivity index (χ0n) is 5.92. The first-order valence-corrected chi connectivity index (χ1v) is 3.75. The topological polar surface area (TPSA) is 115 Å². The molecule has 0 aliphatic carbocycles. The Balaban J connectivity index is -0.0000000383. The maximum absolute atomic E-state index is 9.11. The zero-order valence-corrected chi connectivity index (χ0v) is 8.55. The summed E-state index contributed by atoms with van der Waals surface area (Å²) in [6.07, 6.45) is -1.83. The van der Waals surface area contributed by atoms with Crippen LogP contribution in [0.15, 0.2) is 0 Å². The predicted octanol–water partition coefficient (Wildman–Crippen LogP) is -2.98. The third-order valence-electron chi connectivity index (χ3n) is 0. The van der Waals surface area contributed by atoms with Gasteiger partial charge >= 0.3 is 35.7 Å². The van der Waals surface area contributed by atoms with Crippen LogP contribution in [0.4, 0.5) is 4.79 Å². The minimum Gasteiger partial charge on any atom is -1.00 e. The van der Waals surface area contributed by atoms with Crippen LogP contribution in [-0.2, 0) is 20.2 Å². The van der Waals surface area contributed by atoms with E-state index in [-0.39, 0.29) is 31.0 Å². The Morgan fingerprint density at radius 2 is 1.40 bits per heavy atom. The molecule has 0 aromatic rings. The van der Waals surface area contributed by atoms with Gasteiger partial charge in [-0.25, -0.2) is 4.79 Å². The molecule has 0 atom stereocenters. The van der Waals surface area contributed by atoms with Crippen molar-refractivity contribution in [2.24, 2.45) is 0 Å². The molecule has 0 aromatic carbocycles. The number of carbonyl (C=O) groups is 1. The van der Waals surface area contributed by atoms with Gasteiger partial charge in [0.2, 0.25) is 0 Å². The predicted molar refractivity (Wildman–Crippen MR) is 32.5 cm³/mol. The van der Waals surface area contributed by atoms with Gasteiger partial charge in [-0.1, -0.05) is 0 Å². The fourth-order valence-corrected chi connectivity index (χ4v) is 0. The van der Waals surface area contributed by atoms with Crippen molar-refractivity contribution in [3.8, 4) is 0 Å². The Bertz CT molecular complexity index is 163. The van der Waals surface area contributed by atoms with Gasteiger partial charge in [0.15, 0.2) is 0 Å². The summed E-state index contributed by atoms with van der Waals surface area (Å²) in [5.41, 5.74) is 0. The van der Waals surface area contributed by atoms with Crippen LogP contribution in [0, 0.1) is 0 Å². The van der Waals surface area contributed by atoms with E-state index < -0.39 is 15.2 Å². The summed E-state index contributed by atoms with van der Waals surface area (Å²) in [6, 6.07) is 0. The van der Waals surface area contributed by atoms with Crippen LogP contribution >= 0.6 is 0 Å². The van der Waals surface area contributed by atoms with Gasteiger partial charge in [-0.15, -0.1) is 0 Å². The Labute approximate surface area is 85.4 Å². The smallest absolute Gasteiger partial charge is 1.00 e. The maximum Gasteiger partial charge on any atom is 1.00 e.